The number of amides is 2. The molecule has 4 aromatic rings. The van der Waals surface area contributed by atoms with Gasteiger partial charge in [0, 0.05) is 35.8 Å². The van der Waals surface area contributed by atoms with Crippen molar-refractivity contribution in [1.82, 2.24) is 10.2 Å². The van der Waals surface area contributed by atoms with E-state index in [1.54, 1.807) is 41.3 Å². The topological polar surface area (TPSA) is 86.7 Å². The van der Waals surface area contributed by atoms with Crippen LogP contribution in [0.5, 0.6) is 0 Å². The molecule has 204 valence electrons. The quantitative estimate of drug-likeness (QED) is 0.210. The molecule has 0 aliphatic rings. The number of aliphatic carboxylic acids is 1. The Morgan fingerprint density at radius 1 is 0.725 bits per heavy atom. The number of carbonyl (C=O) groups excluding carboxylic acids is 2. The SMILES string of the molecule is O=C(O)CCN(CCCc1ccccc1)C(=O)c1ccccc1-c1ccccc1C(=O)NCc1cccc(Cl)c1. The van der Waals surface area contributed by atoms with Crippen molar-refractivity contribution >= 4 is 29.4 Å². The molecule has 0 heterocycles. The summed E-state index contributed by atoms with van der Waals surface area (Å²) in [6, 6.07) is 31.6. The van der Waals surface area contributed by atoms with Crippen LogP contribution in [0.1, 0.15) is 44.7 Å². The second kappa shape index (κ2) is 14.1. The predicted octanol–water partition coefficient (Wildman–Crippen LogP) is 6.49. The van der Waals surface area contributed by atoms with Gasteiger partial charge in [0.1, 0.15) is 0 Å². The molecule has 0 fully saturated rings. The molecule has 0 radical (unpaired) electrons. The lowest BCUT2D eigenvalue weighted by Crippen LogP contribution is -2.34. The first-order chi connectivity index (χ1) is 19.4. The third kappa shape index (κ3) is 7.80. The summed E-state index contributed by atoms with van der Waals surface area (Å²) < 4.78 is 0. The van der Waals surface area contributed by atoms with Crippen LogP contribution >= 0.6 is 11.6 Å². The Hall–Kier alpha value is -4.42. The number of halogens is 1. The van der Waals surface area contributed by atoms with E-state index in [-0.39, 0.29) is 24.8 Å². The number of hydrogen-bond acceptors (Lipinski definition) is 3. The predicted molar refractivity (Wildman–Crippen MR) is 157 cm³/mol. The Morgan fingerprint density at radius 3 is 2.05 bits per heavy atom. The zero-order chi connectivity index (χ0) is 28.3. The molecule has 0 saturated carbocycles. The Kier molecular flexibility index (Phi) is 10.1. The first kappa shape index (κ1) is 28.6. The first-order valence-corrected chi connectivity index (χ1v) is 13.6. The molecule has 40 heavy (non-hydrogen) atoms. The van der Waals surface area contributed by atoms with Gasteiger partial charge >= 0.3 is 5.97 Å². The van der Waals surface area contributed by atoms with Crippen molar-refractivity contribution < 1.29 is 19.5 Å². The monoisotopic (exact) mass is 554 g/mol. The second-order valence-electron chi connectivity index (χ2n) is 9.43. The van der Waals surface area contributed by atoms with Crippen molar-refractivity contribution in [2.45, 2.75) is 25.8 Å². The van der Waals surface area contributed by atoms with Crippen molar-refractivity contribution in [3.05, 3.63) is 130 Å². The molecule has 0 aliphatic heterocycles. The lowest BCUT2D eigenvalue weighted by Gasteiger charge is -2.24. The summed E-state index contributed by atoms with van der Waals surface area (Å²) in [6.07, 6.45) is 1.32. The number of nitrogens with one attached hydrogen (secondary N) is 1. The van der Waals surface area contributed by atoms with Crippen LogP contribution < -0.4 is 5.32 Å². The number of carbonyl (C=O) groups is 3. The maximum absolute atomic E-state index is 13.8. The van der Waals surface area contributed by atoms with E-state index in [0.717, 1.165) is 17.5 Å². The van der Waals surface area contributed by atoms with E-state index in [2.05, 4.69) is 5.32 Å². The number of nitrogens with zero attached hydrogens (tertiary/aromatic N) is 1. The molecular weight excluding hydrogens is 524 g/mol. The van der Waals surface area contributed by atoms with Crippen molar-refractivity contribution in [2.24, 2.45) is 0 Å². The minimum atomic E-state index is -0.962. The van der Waals surface area contributed by atoms with Crippen molar-refractivity contribution in [3.63, 3.8) is 0 Å². The minimum absolute atomic E-state index is 0.0963. The lowest BCUT2D eigenvalue weighted by molar-refractivity contribution is -0.137. The molecule has 6 nitrogen and oxygen atoms in total. The molecule has 2 amide bonds. The molecule has 4 rings (SSSR count). The molecular formula is C33H31ClN2O4. The van der Waals surface area contributed by atoms with Crippen LogP contribution in [0.15, 0.2) is 103 Å². The van der Waals surface area contributed by atoms with Gasteiger partial charge in [-0.3, -0.25) is 14.4 Å². The lowest BCUT2D eigenvalue weighted by atomic mass is 9.94. The summed E-state index contributed by atoms with van der Waals surface area (Å²) in [7, 11) is 0. The molecule has 0 aromatic heterocycles. The first-order valence-electron chi connectivity index (χ1n) is 13.2. The highest BCUT2D eigenvalue weighted by atomic mass is 35.5. The van der Waals surface area contributed by atoms with Crippen molar-refractivity contribution in [2.75, 3.05) is 13.1 Å². The fraction of sp³-hybridized carbons (Fsp3) is 0.182. The third-order valence-corrected chi connectivity index (χ3v) is 6.82. The number of carboxylic acids is 1. The van der Waals surface area contributed by atoms with Crippen LogP contribution in [-0.4, -0.2) is 40.9 Å². The van der Waals surface area contributed by atoms with Crippen LogP contribution in [0.3, 0.4) is 0 Å². The standard InChI is InChI=1S/C33H31ClN2O4/c34-26-14-8-12-25(22-26)23-35-32(39)29-17-6-4-15-27(29)28-16-5-7-18-30(28)33(40)36(21-19-31(37)38)20-9-13-24-10-2-1-3-11-24/h1-8,10-12,14-18,22H,9,13,19-21,23H2,(H,35,39)(H,37,38). The third-order valence-electron chi connectivity index (χ3n) is 6.58. The van der Waals surface area contributed by atoms with E-state index >= 15 is 0 Å². The zero-order valence-electron chi connectivity index (χ0n) is 22.1. The zero-order valence-corrected chi connectivity index (χ0v) is 22.8. The van der Waals surface area contributed by atoms with E-state index in [1.165, 1.54) is 0 Å². The number of carboxylic acid groups (broad SMARTS) is 1. The van der Waals surface area contributed by atoms with Crippen molar-refractivity contribution in [1.29, 1.82) is 0 Å². The molecule has 0 bridgehead atoms. The largest absolute Gasteiger partial charge is 0.481 e. The van der Waals surface area contributed by atoms with Gasteiger partial charge in [-0.15, -0.1) is 0 Å². The Bertz CT molecular complexity index is 1470. The fourth-order valence-corrected chi connectivity index (χ4v) is 4.79. The summed E-state index contributed by atoms with van der Waals surface area (Å²) in [5.74, 6) is -1.50. The molecule has 0 unspecified atom stereocenters. The molecule has 4 aromatic carbocycles. The van der Waals surface area contributed by atoms with E-state index in [0.29, 0.717) is 46.8 Å². The molecule has 7 heteroatoms. The summed E-state index contributed by atoms with van der Waals surface area (Å²) >= 11 is 6.08. The number of hydrogen-bond donors (Lipinski definition) is 2. The molecule has 2 N–H and O–H groups in total. The van der Waals surface area contributed by atoms with Crippen LogP contribution in [0.2, 0.25) is 5.02 Å². The molecule has 0 saturated heterocycles. The molecule has 0 atom stereocenters. The van der Waals surface area contributed by atoms with Gasteiger partial charge < -0.3 is 15.3 Å². The van der Waals surface area contributed by atoms with Crippen LogP contribution in [0.4, 0.5) is 0 Å². The van der Waals surface area contributed by atoms with Gasteiger partial charge in [0.15, 0.2) is 0 Å². The Morgan fingerprint density at radius 2 is 1.35 bits per heavy atom. The Labute approximate surface area is 239 Å². The summed E-state index contributed by atoms with van der Waals surface area (Å²) in [6.45, 7) is 0.814. The van der Waals surface area contributed by atoms with Crippen LogP contribution in [-0.2, 0) is 17.8 Å². The van der Waals surface area contributed by atoms with E-state index in [9.17, 15) is 19.5 Å². The van der Waals surface area contributed by atoms with E-state index in [4.69, 9.17) is 11.6 Å². The highest BCUT2D eigenvalue weighted by Crippen LogP contribution is 2.28. The van der Waals surface area contributed by atoms with Gasteiger partial charge in [-0.25, -0.2) is 0 Å². The van der Waals surface area contributed by atoms with Gasteiger partial charge in [-0.05, 0) is 59.4 Å². The summed E-state index contributed by atoms with van der Waals surface area (Å²) in [5, 5.41) is 12.8. The van der Waals surface area contributed by atoms with Crippen molar-refractivity contribution in [3.8, 4) is 11.1 Å². The summed E-state index contributed by atoms with van der Waals surface area (Å²) in [5.41, 5.74) is 4.13. The van der Waals surface area contributed by atoms with Crippen LogP contribution in [0, 0.1) is 0 Å². The van der Waals surface area contributed by atoms with Gasteiger partial charge in [-0.1, -0.05) is 90.5 Å². The maximum atomic E-state index is 13.8. The van der Waals surface area contributed by atoms with Gasteiger partial charge in [0.05, 0.1) is 6.42 Å². The average molecular weight is 555 g/mol. The Balaban J connectivity index is 1.57. The fourth-order valence-electron chi connectivity index (χ4n) is 4.58. The smallest absolute Gasteiger partial charge is 0.305 e. The highest BCUT2D eigenvalue weighted by molar-refractivity contribution is 6.30. The van der Waals surface area contributed by atoms with E-state index in [1.807, 2.05) is 66.7 Å². The molecule has 0 spiro atoms. The minimum Gasteiger partial charge on any atom is -0.481 e. The highest BCUT2D eigenvalue weighted by Gasteiger charge is 2.22. The van der Waals surface area contributed by atoms with E-state index < -0.39 is 5.97 Å². The normalized spacial score (nSPS) is 10.6. The number of benzene rings is 4. The van der Waals surface area contributed by atoms with Crippen LogP contribution in [0.25, 0.3) is 11.1 Å². The second-order valence-corrected chi connectivity index (χ2v) is 9.87. The average Bonchev–Trinajstić information content (AvgIpc) is 2.98. The molecule has 0 aliphatic carbocycles. The maximum Gasteiger partial charge on any atom is 0.305 e. The van der Waals surface area contributed by atoms with Gasteiger partial charge in [0.25, 0.3) is 11.8 Å². The number of aryl methyl sites for hydroxylation is 1. The number of rotatable bonds is 12. The summed E-state index contributed by atoms with van der Waals surface area (Å²) in [4.78, 5) is 40.1. The van der Waals surface area contributed by atoms with Gasteiger partial charge in [0.2, 0.25) is 0 Å². The van der Waals surface area contributed by atoms with Gasteiger partial charge in [-0.2, -0.15) is 0 Å².